The van der Waals surface area contributed by atoms with Gasteiger partial charge in [-0.3, -0.25) is 14.4 Å². The van der Waals surface area contributed by atoms with Gasteiger partial charge in [-0.15, -0.1) is 0 Å². The Kier molecular flexibility index (Phi) is 10.2. The van der Waals surface area contributed by atoms with Gasteiger partial charge in [-0.2, -0.15) is 13.2 Å². The normalized spacial score (nSPS) is 11.6. The lowest BCUT2D eigenvalue weighted by molar-refractivity contribution is -0.211. The number of hydrogen-bond donors (Lipinski definition) is 3. The molecule has 3 aromatic rings. The molecule has 0 saturated heterocycles. The first-order valence-corrected chi connectivity index (χ1v) is 12.7. The van der Waals surface area contributed by atoms with Crippen LogP contribution in [0.4, 0.5) is 33.3 Å². The van der Waals surface area contributed by atoms with E-state index in [1.807, 2.05) is 7.85 Å². The second kappa shape index (κ2) is 13.2. The highest BCUT2D eigenvalue weighted by Crippen LogP contribution is 2.37. The summed E-state index contributed by atoms with van der Waals surface area (Å²) in [5.74, 6) is -3.18. The van der Waals surface area contributed by atoms with Crippen molar-refractivity contribution in [2.24, 2.45) is 5.41 Å². The van der Waals surface area contributed by atoms with Crippen molar-refractivity contribution in [1.29, 1.82) is 0 Å². The van der Waals surface area contributed by atoms with Crippen molar-refractivity contribution in [2.75, 3.05) is 17.2 Å². The van der Waals surface area contributed by atoms with Gasteiger partial charge in [-0.25, -0.2) is 13.8 Å². The molecule has 8 nitrogen and oxygen atoms in total. The molecule has 0 fully saturated rings. The van der Waals surface area contributed by atoms with Crippen LogP contribution in [0.3, 0.4) is 0 Å². The Labute approximate surface area is 243 Å². The molecule has 0 aliphatic rings. The highest BCUT2D eigenvalue weighted by Gasteiger charge is 2.52. The lowest BCUT2D eigenvalue weighted by atomic mass is 9.91. The number of nitrogens with zero attached hydrogens (tertiary/aromatic N) is 1. The maximum Gasteiger partial charge on any atom is 0.402 e. The minimum atomic E-state index is -4.77. The molecule has 0 aliphatic carbocycles. The number of rotatable bonds is 10. The van der Waals surface area contributed by atoms with Gasteiger partial charge < -0.3 is 20.7 Å². The highest BCUT2D eigenvalue weighted by molar-refractivity contribution is 6.34. The fourth-order valence-corrected chi connectivity index (χ4v) is 3.57. The number of alkyl halides is 5. The number of aromatic nitrogens is 1. The molecule has 0 radical (unpaired) electrons. The molecule has 0 aliphatic heterocycles. The summed E-state index contributed by atoms with van der Waals surface area (Å²) in [7, 11) is 1.85. The predicted octanol–water partition coefficient (Wildman–Crippen LogP) is 4.35. The average Bonchev–Trinajstić information content (AvgIpc) is 2.92. The maximum absolute atomic E-state index is 13.1. The quantitative estimate of drug-likeness (QED) is 0.234. The molecule has 3 N–H and O–H groups in total. The summed E-state index contributed by atoms with van der Waals surface area (Å²) in [6.07, 6.45) is -6.53. The second-order valence-corrected chi connectivity index (χ2v) is 10.1. The summed E-state index contributed by atoms with van der Waals surface area (Å²) in [6, 6.07) is 12.0. The zero-order valence-electron chi connectivity index (χ0n) is 22.5. The van der Waals surface area contributed by atoms with Crippen LogP contribution in [-0.4, -0.2) is 49.8 Å². The summed E-state index contributed by atoms with van der Waals surface area (Å²) < 4.78 is 69.9. The Bertz CT molecular complexity index is 1470. The van der Waals surface area contributed by atoms with Crippen LogP contribution in [0.15, 0.2) is 54.7 Å². The van der Waals surface area contributed by atoms with Crippen LogP contribution < -0.4 is 26.2 Å². The fourth-order valence-electron chi connectivity index (χ4n) is 3.36. The van der Waals surface area contributed by atoms with E-state index in [-0.39, 0.29) is 33.9 Å². The molecule has 3 rings (SSSR count). The number of anilines is 2. The predicted molar refractivity (Wildman–Crippen MR) is 149 cm³/mol. The van der Waals surface area contributed by atoms with E-state index in [9.17, 15) is 36.3 Å². The molecular formula is C27H25BClF5N4O4. The molecule has 1 aromatic heterocycles. The van der Waals surface area contributed by atoms with Gasteiger partial charge in [-0.1, -0.05) is 35.3 Å². The van der Waals surface area contributed by atoms with Crippen LogP contribution in [0.2, 0.25) is 5.02 Å². The van der Waals surface area contributed by atoms with Gasteiger partial charge in [0.2, 0.25) is 11.8 Å². The number of ether oxygens (including phenoxy) is 1. The molecule has 42 heavy (non-hydrogen) atoms. The van der Waals surface area contributed by atoms with E-state index < -0.39 is 48.2 Å². The number of halogens is 6. The number of benzene rings is 2. The third kappa shape index (κ3) is 8.18. The first-order valence-electron chi connectivity index (χ1n) is 12.3. The Morgan fingerprint density at radius 2 is 1.57 bits per heavy atom. The van der Waals surface area contributed by atoms with Crippen molar-refractivity contribution in [3.63, 3.8) is 0 Å². The third-order valence-electron chi connectivity index (χ3n) is 6.01. The van der Waals surface area contributed by atoms with E-state index in [2.05, 4.69) is 20.9 Å². The minimum absolute atomic E-state index is 0.0135. The Morgan fingerprint density at radius 1 is 0.952 bits per heavy atom. The van der Waals surface area contributed by atoms with Crippen molar-refractivity contribution in [2.45, 2.75) is 33.0 Å². The molecule has 0 saturated carbocycles. The molecule has 0 bridgehead atoms. The molecule has 1 heterocycles. The van der Waals surface area contributed by atoms with Crippen molar-refractivity contribution in [3.8, 4) is 5.88 Å². The molecule has 0 unspecified atom stereocenters. The van der Waals surface area contributed by atoms with Crippen LogP contribution in [0.5, 0.6) is 5.88 Å². The number of hydrogen-bond acceptors (Lipinski definition) is 5. The number of carbonyl (C=O) groups is 3. The van der Waals surface area contributed by atoms with E-state index >= 15 is 0 Å². The summed E-state index contributed by atoms with van der Waals surface area (Å²) in [5.41, 5.74) is -1.36. The lowest BCUT2D eigenvalue weighted by Crippen LogP contribution is -2.46. The summed E-state index contributed by atoms with van der Waals surface area (Å²) in [4.78, 5) is 42.0. The topological polar surface area (TPSA) is 109 Å². The lowest BCUT2D eigenvalue weighted by Gasteiger charge is -2.26. The molecule has 15 heteroatoms. The van der Waals surface area contributed by atoms with E-state index in [4.69, 9.17) is 16.3 Å². The molecule has 0 spiro atoms. The van der Waals surface area contributed by atoms with Crippen molar-refractivity contribution < 1.29 is 41.1 Å². The number of pyridine rings is 1. The van der Waals surface area contributed by atoms with Gasteiger partial charge in [0.05, 0.1) is 22.5 Å². The number of amides is 3. The van der Waals surface area contributed by atoms with Crippen molar-refractivity contribution in [3.05, 3.63) is 76.4 Å². The second-order valence-electron chi connectivity index (χ2n) is 9.67. The summed E-state index contributed by atoms with van der Waals surface area (Å²) in [6.45, 7) is 0.145. The highest BCUT2D eigenvalue weighted by atomic mass is 35.5. The van der Waals surface area contributed by atoms with Crippen LogP contribution in [-0.2, 0) is 11.3 Å². The third-order valence-corrected chi connectivity index (χ3v) is 6.34. The van der Waals surface area contributed by atoms with Gasteiger partial charge in [0, 0.05) is 12.2 Å². The van der Waals surface area contributed by atoms with E-state index in [1.54, 1.807) is 24.3 Å². The van der Waals surface area contributed by atoms with Crippen LogP contribution in [0.1, 0.15) is 40.1 Å². The van der Waals surface area contributed by atoms with Crippen molar-refractivity contribution in [1.82, 2.24) is 10.3 Å². The minimum Gasteiger partial charge on any atom is -0.471 e. The monoisotopic (exact) mass is 610 g/mol. The van der Waals surface area contributed by atoms with E-state index in [0.29, 0.717) is 5.69 Å². The first kappa shape index (κ1) is 32.3. The molecule has 0 atom stereocenters. The first-order chi connectivity index (χ1) is 19.6. The van der Waals surface area contributed by atoms with Gasteiger partial charge >= 0.3 is 6.18 Å². The SMILES string of the molecule is Bc1ccc(NC(=O)c2cc(NC(=O)c3cc(CNC(=O)C(C)(C)C(F)(F)F)ccc3Cl)cnc2OCC(F)F)cc1. The Balaban J connectivity index is 1.81. The fraction of sp³-hybridized carbons (Fsp3) is 0.259. The van der Waals surface area contributed by atoms with Crippen LogP contribution in [0, 0.1) is 5.41 Å². The van der Waals surface area contributed by atoms with Gasteiger partial charge in [0.1, 0.15) is 18.8 Å². The Hall–Kier alpha value is -4.20. The van der Waals surface area contributed by atoms with E-state index in [0.717, 1.165) is 25.5 Å². The maximum atomic E-state index is 13.1. The molecule has 3 amide bonds. The zero-order chi connectivity index (χ0) is 31.2. The zero-order valence-corrected chi connectivity index (χ0v) is 23.3. The van der Waals surface area contributed by atoms with Gasteiger partial charge in [-0.05, 0) is 49.7 Å². The molecular weight excluding hydrogens is 586 g/mol. The van der Waals surface area contributed by atoms with Crippen LogP contribution >= 0.6 is 11.6 Å². The Morgan fingerprint density at radius 3 is 2.19 bits per heavy atom. The molecule has 222 valence electrons. The van der Waals surface area contributed by atoms with Gasteiger partial charge in [0.25, 0.3) is 18.2 Å². The van der Waals surface area contributed by atoms with E-state index in [1.165, 1.54) is 24.3 Å². The standard InChI is InChI=1S/C27H25BClF5N4O4/c1-26(2,27(32,33)34)25(41)36-11-14-3-8-20(29)18(9-14)22(39)38-17-10-19(24(35-12-17)42-13-21(30)31)23(40)37-16-6-4-15(28)5-7-16/h3-10,12,21H,11,13,28H2,1-2H3,(H,36,41)(H,37,40)(H,38,39). The number of nitrogens with one attached hydrogen (secondary N) is 3. The molecule has 2 aromatic carbocycles. The van der Waals surface area contributed by atoms with Crippen molar-refractivity contribution >= 4 is 54.0 Å². The number of carbonyl (C=O) groups excluding carboxylic acids is 3. The average molecular weight is 611 g/mol. The smallest absolute Gasteiger partial charge is 0.402 e. The van der Waals surface area contributed by atoms with Crippen LogP contribution in [0.25, 0.3) is 0 Å². The van der Waals surface area contributed by atoms with Gasteiger partial charge in [0.15, 0.2) is 6.61 Å². The summed E-state index contributed by atoms with van der Waals surface area (Å²) >= 11 is 6.16. The summed E-state index contributed by atoms with van der Waals surface area (Å²) in [5, 5.41) is 7.27. The largest absolute Gasteiger partial charge is 0.471 e.